The number of nitrogens with zero attached hydrogens (tertiary/aromatic N) is 4. The van der Waals surface area contributed by atoms with Crippen molar-refractivity contribution in [2.45, 2.75) is 40.0 Å². The summed E-state index contributed by atoms with van der Waals surface area (Å²) in [7, 11) is 0. The summed E-state index contributed by atoms with van der Waals surface area (Å²) in [5.41, 5.74) is 2.42. The first-order valence-corrected chi connectivity index (χ1v) is 10.2. The fraction of sp³-hybridized carbons (Fsp3) is 0.500. The smallest absolute Gasteiger partial charge is 0.409 e. The highest BCUT2D eigenvalue weighted by Crippen LogP contribution is 2.25. The van der Waals surface area contributed by atoms with Gasteiger partial charge in [0.15, 0.2) is 0 Å². The third-order valence-electron chi connectivity index (χ3n) is 4.98. The Morgan fingerprint density at radius 1 is 1.10 bits per heavy atom. The summed E-state index contributed by atoms with van der Waals surface area (Å²) in [4.78, 5) is 24.9. The first-order chi connectivity index (χ1) is 13.8. The van der Waals surface area contributed by atoms with Crippen LogP contribution in [-0.4, -0.2) is 53.7 Å². The van der Waals surface area contributed by atoms with Crippen molar-refractivity contribution < 1.29 is 9.53 Å². The number of ether oxygens (including phenoxy) is 1. The summed E-state index contributed by atoms with van der Waals surface area (Å²) >= 11 is 0. The highest BCUT2D eigenvalue weighted by Gasteiger charge is 2.23. The van der Waals surface area contributed by atoms with E-state index < -0.39 is 0 Å². The Kier molecular flexibility index (Phi) is 6.25. The molecule has 0 unspecified atom stereocenters. The molecular weight excluding hydrogens is 366 g/mol. The van der Waals surface area contributed by atoms with Crippen LogP contribution in [0.3, 0.4) is 0 Å². The van der Waals surface area contributed by atoms with Crippen LogP contribution in [0.1, 0.15) is 39.1 Å². The topological polar surface area (TPSA) is 70.6 Å². The van der Waals surface area contributed by atoms with Gasteiger partial charge in [0.2, 0.25) is 0 Å². The van der Waals surface area contributed by atoms with Gasteiger partial charge in [0.1, 0.15) is 17.5 Å². The van der Waals surface area contributed by atoms with E-state index >= 15 is 0 Å². The van der Waals surface area contributed by atoms with Crippen LogP contribution in [0.4, 0.5) is 22.1 Å². The average molecular weight is 398 g/mol. The van der Waals surface area contributed by atoms with E-state index in [-0.39, 0.29) is 11.5 Å². The second-order valence-electron chi connectivity index (χ2n) is 8.28. The lowest BCUT2D eigenvalue weighted by molar-refractivity contribution is 0.105. The van der Waals surface area contributed by atoms with Crippen LogP contribution in [0.15, 0.2) is 30.3 Å². The van der Waals surface area contributed by atoms with Gasteiger partial charge in [0, 0.05) is 37.9 Å². The zero-order chi connectivity index (χ0) is 21.0. The third kappa shape index (κ3) is 5.37. The minimum Gasteiger partial charge on any atom is -0.450 e. The zero-order valence-electron chi connectivity index (χ0n) is 18.0. The molecule has 1 saturated heterocycles. The minimum atomic E-state index is -0.243. The van der Waals surface area contributed by atoms with Gasteiger partial charge in [-0.25, -0.2) is 14.8 Å². The second-order valence-corrected chi connectivity index (χ2v) is 8.28. The lowest BCUT2D eigenvalue weighted by Crippen LogP contribution is -2.49. The predicted molar refractivity (Wildman–Crippen MR) is 116 cm³/mol. The first-order valence-electron chi connectivity index (χ1n) is 10.2. The third-order valence-corrected chi connectivity index (χ3v) is 4.98. The largest absolute Gasteiger partial charge is 0.450 e. The van der Waals surface area contributed by atoms with Gasteiger partial charge in [-0.3, -0.25) is 0 Å². The quantitative estimate of drug-likeness (QED) is 0.837. The van der Waals surface area contributed by atoms with Crippen molar-refractivity contribution >= 4 is 23.4 Å². The van der Waals surface area contributed by atoms with E-state index in [4.69, 9.17) is 4.74 Å². The standard InChI is InChI=1S/C22H31N5O2/c1-6-29-21(28)27-13-11-26(12-14-27)20-15-19(23-16(2)24-20)25-18-9-7-17(8-10-18)22(3,4)5/h7-10,15H,6,11-14H2,1-5H3,(H,23,24,25). The van der Waals surface area contributed by atoms with E-state index in [0.717, 1.165) is 30.4 Å². The Morgan fingerprint density at radius 3 is 2.34 bits per heavy atom. The number of anilines is 3. The summed E-state index contributed by atoms with van der Waals surface area (Å²) < 4.78 is 5.09. The van der Waals surface area contributed by atoms with Crippen LogP contribution in [0.25, 0.3) is 0 Å². The molecule has 1 aromatic heterocycles. The van der Waals surface area contributed by atoms with E-state index in [1.165, 1.54) is 5.56 Å². The predicted octanol–water partition coefficient (Wildman–Crippen LogP) is 4.10. The Hall–Kier alpha value is -2.83. The molecule has 0 aliphatic carbocycles. The molecular formula is C22H31N5O2. The molecule has 1 fully saturated rings. The van der Waals surface area contributed by atoms with Crippen molar-refractivity contribution in [3.8, 4) is 0 Å². The number of hydrogen-bond acceptors (Lipinski definition) is 6. The Balaban J connectivity index is 1.68. The van der Waals surface area contributed by atoms with Crippen LogP contribution >= 0.6 is 0 Å². The number of aromatic nitrogens is 2. The highest BCUT2D eigenvalue weighted by atomic mass is 16.6. The van der Waals surface area contributed by atoms with Gasteiger partial charge in [-0.1, -0.05) is 32.9 Å². The molecule has 7 nitrogen and oxygen atoms in total. The zero-order valence-corrected chi connectivity index (χ0v) is 18.0. The van der Waals surface area contributed by atoms with E-state index in [1.54, 1.807) is 4.90 Å². The molecule has 0 radical (unpaired) electrons. The molecule has 156 valence electrons. The molecule has 2 aromatic rings. The summed E-state index contributed by atoms with van der Waals surface area (Å²) in [5, 5.41) is 3.38. The van der Waals surface area contributed by atoms with Crippen LogP contribution in [0.5, 0.6) is 0 Å². The molecule has 1 amide bonds. The van der Waals surface area contributed by atoms with Gasteiger partial charge >= 0.3 is 6.09 Å². The highest BCUT2D eigenvalue weighted by molar-refractivity contribution is 5.68. The van der Waals surface area contributed by atoms with E-state index in [1.807, 2.05) is 19.9 Å². The van der Waals surface area contributed by atoms with E-state index in [0.29, 0.717) is 25.5 Å². The minimum absolute atomic E-state index is 0.128. The summed E-state index contributed by atoms with van der Waals surface area (Å²) in [5.74, 6) is 2.35. The molecule has 2 heterocycles. The molecule has 1 aliphatic rings. The van der Waals surface area contributed by atoms with Crippen LogP contribution in [0, 0.1) is 6.92 Å². The molecule has 0 atom stereocenters. The molecule has 1 aliphatic heterocycles. The fourth-order valence-corrected chi connectivity index (χ4v) is 3.31. The molecule has 29 heavy (non-hydrogen) atoms. The Labute approximate surface area is 173 Å². The summed E-state index contributed by atoms with van der Waals surface area (Å²) in [6.07, 6.45) is -0.243. The van der Waals surface area contributed by atoms with Gasteiger partial charge < -0.3 is 19.9 Å². The molecule has 0 bridgehead atoms. The van der Waals surface area contributed by atoms with Gasteiger partial charge in [0.25, 0.3) is 0 Å². The molecule has 1 aromatic carbocycles. The van der Waals surface area contributed by atoms with Crippen LogP contribution in [0.2, 0.25) is 0 Å². The number of aryl methyl sites for hydroxylation is 1. The average Bonchev–Trinajstić information content (AvgIpc) is 2.67. The molecule has 3 rings (SSSR count). The Morgan fingerprint density at radius 2 is 1.76 bits per heavy atom. The fourth-order valence-electron chi connectivity index (χ4n) is 3.31. The number of hydrogen-bond donors (Lipinski definition) is 1. The maximum atomic E-state index is 11.9. The first kappa shape index (κ1) is 20.9. The SMILES string of the molecule is CCOC(=O)N1CCN(c2cc(Nc3ccc(C(C)(C)C)cc3)nc(C)n2)CC1. The number of piperazine rings is 1. The van der Waals surface area contributed by atoms with Gasteiger partial charge in [-0.15, -0.1) is 0 Å². The maximum absolute atomic E-state index is 11.9. The second kappa shape index (κ2) is 8.68. The molecule has 0 saturated carbocycles. The number of amides is 1. The number of nitrogens with one attached hydrogen (secondary N) is 1. The molecule has 7 heteroatoms. The number of carbonyl (C=O) groups excluding carboxylic acids is 1. The van der Waals surface area contributed by atoms with E-state index in [9.17, 15) is 4.79 Å². The van der Waals surface area contributed by atoms with Crippen molar-refractivity contribution in [3.05, 3.63) is 41.7 Å². The van der Waals surface area contributed by atoms with Gasteiger partial charge in [-0.2, -0.15) is 0 Å². The lowest BCUT2D eigenvalue weighted by atomic mass is 9.87. The normalized spacial score (nSPS) is 14.7. The maximum Gasteiger partial charge on any atom is 0.409 e. The van der Waals surface area contributed by atoms with Crippen molar-refractivity contribution in [3.63, 3.8) is 0 Å². The summed E-state index contributed by atoms with van der Waals surface area (Å²) in [6, 6.07) is 10.4. The monoisotopic (exact) mass is 397 g/mol. The van der Waals surface area contributed by atoms with Crippen molar-refractivity contribution in [1.29, 1.82) is 0 Å². The van der Waals surface area contributed by atoms with Gasteiger partial charge in [0.05, 0.1) is 6.61 Å². The molecule has 0 spiro atoms. The van der Waals surface area contributed by atoms with Crippen LogP contribution < -0.4 is 10.2 Å². The summed E-state index contributed by atoms with van der Waals surface area (Å²) in [6.45, 7) is 13.4. The van der Waals surface area contributed by atoms with Crippen molar-refractivity contribution in [2.24, 2.45) is 0 Å². The van der Waals surface area contributed by atoms with Crippen LogP contribution in [-0.2, 0) is 10.2 Å². The number of rotatable bonds is 4. The van der Waals surface area contributed by atoms with Gasteiger partial charge in [-0.05, 0) is 37.0 Å². The van der Waals surface area contributed by atoms with Crippen molar-refractivity contribution in [1.82, 2.24) is 14.9 Å². The lowest BCUT2D eigenvalue weighted by Gasteiger charge is -2.34. The molecule has 1 N–H and O–H groups in total. The van der Waals surface area contributed by atoms with Crippen molar-refractivity contribution in [2.75, 3.05) is 43.0 Å². The number of carbonyl (C=O) groups is 1. The number of benzene rings is 1. The van der Waals surface area contributed by atoms with E-state index in [2.05, 4.69) is 65.2 Å². The Bertz CT molecular complexity index is 837.